The number of benzene rings is 1. The van der Waals surface area contributed by atoms with E-state index < -0.39 is 23.2 Å². The van der Waals surface area contributed by atoms with E-state index in [1.165, 1.54) is 0 Å². The molecule has 1 aromatic carbocycles. The molecule has 0 unspecified atom stereocenters. The van der Waals surface area contributed by atoms with Crippen LogP contribution in [0.25, 0.3) is 11.2 Å². The Morgan fingerprint density at radius 2 is 2.00 bits per heavy atom. The third kappa shape index (κ3) is 7.89. The number of unbranched alkanes of at least 4 members (excludes halogenated alkanes) is 1. The van der Waals surface area contributed by atoms with E-state index in [0.29, 0.717) is 35.0 Å². The lowest BCUT2D eigenvalue weighted by atomic mass is 10.2. The average Bonchev–Trinajstić information content (AvgIpc) is 3.49. The number of nitrogens with zero attached hydrogens (tertiary/aromatic N) is 6. The number of anilines is 1. The van der Waals surface area contributed by atoms with Crippen molar-refractivity contribution in [1.29, 1.82) is 0 Å². The molecule has 1 amide bonds. The van der Waals surface area contributed by atoms with Crippen molar-refractivity contribution in [2.45, 2.75) is 75.9 Å². The Labute approximate surface area is 234 Å². The molecule has 3 aromatic rings. The fourth-order valence-electron chi connectivity index (χ4n) is 4.00. The van der Waals surface area contributed by atoms with Crippen molar-refractivity contribution in [2.75, 3.05) is 17.6 Å². The summed E-state index contributed by atoms with van der Waals surface area (Å²) in [5, 5.41) is 62.6. The lowest BCUT2D eigenvalue weighted by Gasteiger charge is -2.16. The minimum Gasteiger partial charge on any atom is -0.508 e. The van der Waals surface area contributed by atoms with Crippen LogP contribution in [0.3, 0.4) is 0 Å². The van der Waals surface area contributed by atoms with E-state index in [2.05, 4.69) is 39.4 Å². The maximum atomic E-state index is 10.4. The van der Waals surface area contributed by atoms with Gasteiger partial charge in [-0.05, 0) is 31.7 Å². The molecule has 1 aliphatic carbocycles. The molecule has 40 heavy (non-hydrogen) atoms. The number of carboxylic acid groups (broad SMARTS) is 1. The number of aromatic nitrogens is 5. The molecule has 2 aromatic heterocycles. The molecule has 15 nitrogen and oxygen atoms in total. The van der Waals surface area contributed by atoms with Crippen LogP contribution in [-0.4, -0.2) is 80.9 Å². The zero-order chi connectivity index (χ0) is 29.2. The molecule has 4 rings (SSSR count). The predicted octanol–water partition coefficient (Wildman–Crippen LogP) is 3.06. The molecular formula is C24H34N8O7S. The van der Waals surface area contributed by atoms with Crippen LogP contribution in [0.2, 0.25) is 0 Å². The number of thioether (sulfide) groups is 1. The number of aliphatic hydroxyl groups is 2. The molecule has 6 N–H and O–H groups in total. The number of phenols is 1. The van der Waals surface area contributed by atoms with Crippen LogP contribution in [0.4, 0.5) is 16.3 Å². The van der Waals surface area contributed by atoms with E-state index in [0.717, 1.165) is 49.8 Å². The molecule has 1 fully saturated rings. The lowest BCUT2D eigenvalue weighted by Crippen LogP contribution is -2.28. The summed E-state index contributed by atoms with van der Waals surface area (Å²) in [4.78, 5) is 29.2. The third-order valence-corrected chi connectivity index (χ3v) is 7.18. The van der Waals surface area contributed by atoms with Gasteiger partial charge in [0.1, 0.15) is 11.9 Å². The second-order valence-electron chi connectivity index (χ2n) is 9.12. The number of carbonyl (C=O) groups is 1. The maximum absolute atomic E-state index is 10.4. The van der Waals surface area contributed by atoms with Gasteiger partial charge < -0.3 is 31.1 Å². The van der Waals surface area contributed by atoms with E-state index >= 15 is 0 Å². The number of aromatic hydroxyl groups is 1. The summed E-state index contributed by atoms with van der Waals surface area (Å²) in [6, 6.07) is 3.10. The first-order chi connectivity index (χ1) is 19.2. The Bertz CT molecular complexity index is 1310. The molecule has 0 bridgehead atoms. The summed E-state index contributed by atoms with van der Waals surface area (Å²) in [6.07, 6.45) is 1.56. The number of nitro groups is 1. The number of hydrogen-bond donors (Lipinski definition) is 6. The highest BCUT2D eigenvalue weighted by atomic mass is 32.2. The van der Waals surface area contributed by atoms with Gasteiger partial charge in [-0.25, -0.2) is 19.4 Å². The molecule has 0 spiro atoms. The molecule has 3 atom stereocenters. The SMILES string of the molecule is CCCCNc1nc(SCCC)nc2c1nnn2[C@@H]1CC[C@@H](O)[C@H]1O.O=C(O)NCc1cc([N+](=O)[O-])ccc1O. The van der Waals surface area contributed by atoms with Crippen molar-refractivity contribution in [3.63, 3.8) is 0 Å². The fourth-order valence-corrected chi connectivity index (χ4v) is 4.70. The van der Waals surface area contributed by atoms with Crippen LogP contribution in [0.1, 0.15) is 57.6 Å². The fraction of sp³-hybridized carbons (Fsp3) is 0.542. The highest BCUT2D eigenvalue weighted by Gasteiger charge is 2.37. The Morgan fingerprint density at radius 1 is 1.23 bits per heavy atom. The van der Waals surface area contributed by atoms with Gasteiger partial charge in [-0.1, -0.05) is 37.2 Å². The molecule has 218 valence electrons. The van der Waals surface area contributed by atoms with Crippen LogP contribution in [0.15, 0.2) is 23.4 Å². The summed E-state index contributed by atoms with van der Waals surface area (Å²) in [6.45, 7) is 4.90. The first-order valence-corrected chi connectivity index (χ1v) is 13.9. The Morgan fingerprint density at radius 3 is 2.62 bits per heavy atom. The van der Waals surface area contributed by atoms with Crippen molar-refractivity contribution in [1.82, 2.24) is 30.3 Å². The van der Waals surface area contributed by atoms with E-state index in [1.54, 1.807) is 16.4 Å². The second kappa shape index (κ2) is 14.6. The first kappa shape index (κ1) is 30.8. The van der Waals surface area contributed by atoms with E-state index in [9.17, 15) is 30.2 Å². The Kier molecular flexibility index (Phi) is 11.2. The van der Waals surface area contributed by atoms with Gasteiger partial charge in [-0.15, -0.1) is 5.10 Å². The topological polar surface area (TPSA) is 222 Å². The first-order valence-electron chi connectivity index (χ1n) is 12.9. The monoisotopic (exact) mass is 578 g/mol. The summed E-state index contributed by atoms with van der Waals surface area (Å²) < 4.78 is 1.65. The van der Waals surface area contributed by atoms with Gasteiger partial charge in [0.2, 0.25) is 0 Å². The molecular weight excluding hydrogens is 544 g/mol. The zero-order valence-electron chi connectivity index (χ0n) is 22.2. The minimum atomic E-state index is -1.26. The number of aliphatic hydroxyl groups excluding tert-OH is 2. The van der Waals surface area contributed by atoms with Gasteiger partial charge in [0.15, 0.2) is 22.1 Å². The number of fused-ring (bicyclic) bond motifs is 1. The van der Waals surface area contributed by atoms with Crippen molar-refractivity contribution < 1.29 is 30.1 Å². The number of hydrogen-bond acceptors (Lipinski definition) is 12. The van der Waals surface area contributed by atoms with Gasteiger partial charge in [-0.3, -0.25) is 10.1 Å². The van der Waals surface area contributed by atoms with Crippen molar-refractivity contribution >= 4 is 40.5 Å². The number of rotatable bonds is 11. The van der Waals surface area contributed by atoms with Gasteiger partial charge >= 0.3 is 6.09 Å². The maximum Gasteiger partial charge on any atom is 0.404 e. The number of non-ortho nitro benzene ring substituents is 1. The number of phenolic OH excluding ortho intramolecular Hbond substituents is 1. The number of nitro benzene ring substituents is 1. The molecule has 1 saturated carbocycles. The highest BCUT2D eigenvalue weighted by Crippen LogP contribution is 2.33. The predicted molar refractivity (Wildman–Crippen MR) is 147 cm³/mol. The molecule has 0 radical (unpaired) electrons. The molecule has 2 heterocycles. The van der Waals surface area contributed by atoms with Gasteiger partial charge in [-0.2, -0.15) is 0 Å². The highest BCUT2D eigenvalue weighted by molar-refractivity contribution is 7.99. The van der Waals surface area contributed by atoms with Crippen molar-refractivity contribution in [2.24, 2.45) is 0 Å². The van der Waals surface area contributed by atoms with Crippen LogP contribution in [0, 0.1) is 10.1 Å². The minimum absolute atomic E-state index is 0.159. The van der Waals surface area contributed by atoms with E-state index in [4.69, 9.17) is 5.11 Å². The van der Waals surface area contributed by atoms with Crippen LogP contribution >= 0.6 is 11.8 Å². The summed E-state index contributed by atoms with van der Waals surface area (Å²) in [7, 11) is 0. The van der Waals surface area contributed by atoms with Crippen LogP contribution < -0.4 is 10.6 Å². The number of nitrogens with one attached hydrogen (secondary N) is 2. The van der Waals surface area contributed by atoms with Crippen LogP contribution in [-0.2, 0) is 6.54 Å². The van der Waals surface area contributed by atoms with E-state index in [-0.39, 0.29) is 29.6 Å². The second-order valence-corrected chi connectivity index (χ2v) is 10.2. The lowest BCUT2D eigenvalue weighted by molar-refractivity contribution is -0.384. The van der Waals surface area contributed by atoms with Gasteiger partial charge in [0.05, 0.1) is 23.6 Å². The molecule has 0 saturated heterocycles. The quantitative estimate of drug-likeness (QED) is 0.0633. The molecule has 16 heteroatoms. The van der Waals surface area contributed by atoms with Gasteiger partial charge in [0.25, 0.3) is 5.69 Å². The van der Waals surface area contributed by atoms with Gasteiger partial charge in [0, 0.05) is 30.0 Å². The van der Waals surface area contributed by atoms with Crippen LogP contribution in [0.5, 0.6) is 5.75 Å². The third-order valence-electron chi connectivity index (χ3n) is 6.13. The number of amides is 1. The summed E-state index contributed by atoms with van der Waals surface area (Å²) in [5.41, 5.74) is 1.19. The van der Waals surface area contributed by atoms with E-state index in [1.807, 2.05) is 5.32 Å². The summed E-state index contributed by atoms with van der Waals surface area (Å²) >= 11 is 1.60. The largest absolute Gasteiger partial charge is 0.508 e. The molecule has 1 aliphatic rings. The van der Waals surface area contributed by atoms with Crippen molar-refractivity contribution in [3.05, 3.63) is 33.9 Å². The standard InChI is InChI=1S/C16H26N6O2S.C8H8N2O5/c1-3-5-8-17-14-12-15(19-16(18-14)25-9-4-2)22(21-20-12)10-6-7-11(23)13(10)24;11-7-2-1-6(10(14)15)3-5(7)4-9-8(12)13/h10-11,13,23-24H,3-9H2,1-2H3,(H,17,18,19);1-3,9,11H,4H2,(H,12,13)/t10-,11-,13+;/m1./s1. The Hall–Kier alpha value is -3.76. The summed E-state index contributed by atoms with van der Waals surface area (Å²) in [5.74, 6) is 1.44. The smallest absolute Gasteiger partial charge is 0.404 e. The average molecular weight is 579 g/mol. The van der Waals surface area contributed by atoms with Crippen molar-refractivity contribution in [3.8, 4) is 5.75 Å². The zero-order valence-corrected chi connectivity index (χ0v) is 23.0. The normalized spacial score (nSPS) is 18.2. The Balaban J connectivity index is 0.000000252. The molecule has 0 aliphatic heterocycles.